The average Bonchev–Trinajstić information content (AvgIpc) is 2.97. The summed E-state index contributed by atoms with van der Waals surface area (Å²) < 4.78 is 33.9. The van der Waals surface area contributed by atoms with Crippen molar-refractivity contribution in [2.75, 3.05) is 11.5 Å². The molecule has 6 nitrogen and oxygen atoms in total. The maximum Gasteiger partial charge on any atom is 0.180 e. The number of hydrogen-bond acceptors (Lipinski definition) is 7. The summed E-state index contributed by atoms with van der Waals surface area (Å²) in [5.41, 5.74) is 13.2. The Balaban J connectivity index is 0.000000186. The number of aromatic nitrogens is 2. The second-order valence-electron chi connectivity index (χ2n) is 4.83. The molecule has 132 valence electrons. The summed E-state index contributed by atoms with van der Waals surface area (Å²) >= 11 is 4.61. The zero-order valence-electron chi connectivity index (χ0n) is 12.9. The summed E-state index contributed by atoms with van der Waals surface area (Å²) in [4.78, 5) is 7.68. The largest absolute Gasteiger partial charge is 0.767 e. The van der Waals surface area contributed by atoms with Crippen molar-refractivity contribution in [1.29, 1.82) is 0 Å². The Kier molecular flexibility index (Phi) is 6.43. The summed E-state index contributed by atoms with van der Waals surface area (Å²) in [7, 11) is 0. The van der Waals surface area contributed by atoms with Gasteiger partial charge >= 0.3 is 0 Å². The molecule has 1 atom stereocenters. The maximum absolute atomic E-state index is 13.1. The van der Waals surface area contributed by atoms with Gasteiger partial charge in [0.25, 0.3) is 0 Å². The Morgan fingerprint density at radius 2 is 2.04 bits per heavy atom. The molecule has 2 heterocycles. The van der Waals surface area contributed by atoms with Gasteiger partial charge in [0.1, 0.15) is 10.8 Å². The summed E-state index contributed by atoms with van der Waals surface area (Å²) in [6.07, 6.45) is 1.32. The molecule has 1 unspecified atom stereocenters. The number of nitrogen functional groups attached to an aromatic ring is 2. The first-order valence-electron chi connectivity index (χ1n) is 6.75. The predicted molar refractivity (Wildman–Crippen MR) is 97.5 cm³/mol. The predicted octanol–water partition coefficient (Wildman–Crippen LogP) is 3.40. The van der Waals surface area contributed by atoms with E-state index in [4.69, 9.17) is 23.1 Å². The highest BCUT2D eigenvalue weighted by atomic mass is 35.5. The minimum atomic E-state index is -2.27. The third kappa shape index (κ3) is 5.20. The SMILES string of the molecule is Cc1cc(N)cnc1S(=O)[O-].Nc1nc(-c2ccc(Cl)c(F)c2)cs1. The van der Waals surface area contributed by atoms with E-state index in [-0.39, 0.29) is 10.0 Å². The number of thiazole rings is 1. The van der Waals surface area contributed by atoms with Gasteiger partial charge in [0, 0.05) is 10.9 Å². The van der Waals surface area contributed by atoms with E-state index in [2.05, 4.69) is 9.97 Å². The van der Waals surface area contributed by atoms with Crippen molar-refractivity contribution in [2.24, 2.45) is 0 Å². The molecule has 0 fully saturated rings. The Labute approximate surface area is 155 Å². The van der Waals surface area contributed by atoms with Crippen molar-refractivity contribution in [3.8, 4) is 11.3 Å². The standard InChI is InChI=1S/C9H6ClFN2S.C6H8N2O2S/c10-6-2-1-5(3-7(6)11)8-4-14-9(12)13-8;1-4-2-5(7)3-8-6(4)11(9)10/h1-4H,(H2,12,13);2-3H,7H2,1H3,(H,9,10)/p-1. The van der Waals surface area contributed by atoms with Crippen LogP contribution in [0.25, 0.3) is 11.3 Å². The highest BCUT2D eigenvalue weighted by Crippen LogP contribution is 2.26. The lowest BCUT2D eigenvalue weighted by molar-refractivity contribution is 0.532. The molecule has 0 saturated carbocycles. The molecule has 1 aromatic carbocycles. The quantitative estimate of drug-likeness (QED) is 0.637. The monoisotopic (exact) mass is 399 g/mol. The van der Waals surface area contributed by atoms with E-state index in [1.54, 1.807) is 24.4 Å². The van der Waals surface area contributed by atoms with E-state index in [0.29, 0.717) is 27.6 Å². The van der Waals surface area contributed by atoms with E-state index in [1.807, 2.05) is 0 Å². The van der Waals surface area contributed by atoms with Crippen LogP contribution in [-0.2, 0) is 11.1 Å². The molecule has 0 saturated heterocycles. The summed E-state index contributed by atoms with van der Waals surface area (Å²) in [6, 6.07) is 6.12. The fourth-order valence-corrected chi connectivity index (χ4v) is 2.98. The van der Waals surface area contributed by atoms with Crippen LogP contribution in [0, 0.1) is 12.7 Å². The molecule has 0 spiro atoms. The summed E-state index contributed by atoms with van der Waals surface area (Å²) in [5, 5.41) is 2.41. The topological polar surface area (TPSA) is 118 Å². The average molecular weight is 400 g/mol. The Hall–Kier alpha value is -2.07. The smallest absolute Gasteiger partial charge is 0.180 e. The van der Waals surface area contributed by atoms with Gasteiger partial charge in [0.2, 0.25) is 0 Å². The molecule has 3 rings (SSSR count). The summed E-state index contributed by atoms with van der Waals surface area (Å²) in [5.74, 6) is -0.448. The van der Waals surface area contributed by atoms with Crippen LogP contribution in [0.2, 0.25) is 5.02 Å². The van der Waals surface area contributed by atoms with Gasteiger partial charge in [-0.2, -0.15) is 0 Å². The maximum atomic E-state index is 13.1. The molecular formula is C15H13ClFN4O2S2-. The van der Waals surface area contributed by atoms with Crippen molar-refractivity contribution in [1.82, 2.24) is 9.97 Å². The number of aryl methyl sites for hydroxylation is 1. The number of nitrogens with zero attached hydrogens (tertiary/aromatic N) is 2. The second kappa shape index (κ2) is 8.34. The van der Waals surface area contributed by atoms with E-state index < -0.39 is 16.9 Å². The van der Waals surface area contributed by atoms with Crippen LogP contribution in [0.5, 0.6) is 0 Å². The number of nitrogens with two attached hydrogens (primary N) is 2. The van der Waals surface area contributed by atoms with Gasteiger partial charge in [0.05, 0.1) is 22.6 Å². The van der Waals surface area contributed by atoms with Gasteiger partial charge in [-0.3, -0.25) is 4.21 Å². The van der Waals surface area contributed by atoms with Crippen LogP contribution >= 0.6 is 22.9 Å². The first kappa shape index (κ1) is 19.3. The van der Waals surface area contributed by atoms with Crippen molar-refractivity contribution in [2.45, 2.75) is 11.9 Å². The molecule has 4 N–H and O–H groups in total. The van der Waals surface area contributed by atoms with Crippen molar-refractivity contribution in [3.05, 3.63) is 52.2 Å². The van der Waals surface area contributed by atoms with Crippen LogP contribution < -0.4 is 11.5 Å². The summed E-state index contributed by atoms with van der Waals surface area (Å²) in [6.45, 7) is 1.65. The molecule has 3 aromatic rings. The Morgan fingerprint density at radius 3 is 2.56 bits per heavy atom. The highest BCUT2D eigenvalue weighted by molar-refractivity contribution is 7.79. The van der Waals surface area contributed by atoms with Crippen molar-refractivity contribution >= 4 is 44.8 Å². The molecule has 10 heteroatoms. The number of benzene rings is 1. The molecule has 25 heavy (non-hydrogen) atoms. The molecule has 0 aliphatic carbocycles. The molecule has 0 bridgehead atoms. The van der Waals surface area contributed by atoms with E-state index in [0.717, 1.165) is 0 Å². The van der Waals surface area contributed by atoms with Gasteiger partial charge in [-0.05, 0) is 41.8 Å². The lowest BCUT2D eigenvalue weighted by atomic mass is 10.2. The lowest BCUT2D eigenvalue weighted by Crippen LogP contribution is -1.98. The highest BCUT2D eigenvalue weighted by Gasteiger charge is 2.05. The van der Waals surface area contributed by atoms with Gasteiger partial charge in [-0.1, -0.05) is 17.7 Å². The van der Waals surface area contributed by atoms with Gasteiger partial charge in [0.15, 0.2) is 5.13 Å². The molecular weight excluding hydrogens is 387 g/mol. The number of pyridine rings is 1. The third-order valence-electron chi connectivity index (χ3n) is 2.95. The Bertz CT molecular complexity index is 920. The Morgan fingerprint density at radius 1 is 1.32 bits per heavy atom. The lowest BCUT2D eigenvalue weighted by Gasteiger charge is -2.06. The van der Waals surface area contributed by atoms with Crippen molar-refractivity contribution in [3.63, 3.8) is 0 Å². The molecule has 0 radical (unpaired) electrons. The van der Waals surface area contributed by atoms with Gasteiger partial charge in [-0.25, -0.2) is 14.4 Å². The van der Waals surface area contributed by atoms with Crippen LogP contribution in [0.1, 0.15) is 5.56 Å². The van der Waals surface area contributed by atoms with Crippen LogP contribution in [0.15, 0.2) is 40.9 Å². The fourth-order valence-electron chi connectivity index (χ4n) is 1.83. The molecule has 2 aromatic heterocycles. The fraction of sp³-hybridized carbons (Fsp3) is 0.0667. The van der Waals surface area contributed by atoms with Crippen LogP contribution in [0.3, 0.4) is 0 Å². The minimum absolute atomic E-state index is 0.0548. The van der Waals surface area contributed by atoms with Gasteiger partial charge in [-0.15, -0.1) is 11.3 Å². The van der Waals surface area contributed by atoms with Gasteiger partial charge < -0.3 is 16.0 Å². The number of anilines is 2. The first-order valence-corrected chi connectivity index (χ1v) is 9.09. The minimum Gasteiger partial charge on any atom is -0.767 e. The number of halogens is 2. The van der Waals surface area contributed by atoms with Crippen molar-refractivity contribution < 1.29 is 13.2 Å². The zero-order valence-corrected chi connectivity index (χ0v) is 15.3. The zero-order chi connectivity index (χ0) is 18.6. The van der Waals surface area contributed by atoms with E-state index in [1.165, 1.54) is 29.7 Å². The molecule has 0 aliphatic rings. The third-order valence-corrected chi connectivity index (χ3v) is 4.67. The number of rotatable bonds is 2. The second-order valence-corrected chi connectivity index (χ2v) is 6.98. The normalized spacial score (nSPS) is 11.5. The van der Waals surface area contributed by atoms with Crippen LogP contribution in [-0.4, -0.2) is 18.7 Å². The van der Waals surface area contributed by atoms with Crippen LogP contribution in [0.4, 0.5) is 15.2 Å². The van der Waals surface area contributed by atoms with E-state index in [9.17, 15) is 13.2 Å². The molecule has 0 amide bonds. The van der Waals surface area contributed by atoms with E-state index >= 15 is 0 Å². The first-order chi connectivity index (χ1) is 11.8. The molecule has 0 aliphatic heterocycles. The number of hydrogen-bond donors (Lipinski definition) is 2.